The molecule has 0 aromatic carbocycles. The maximum atomic E-state index is 13.0. The van der Waals surface area contributed by atoms with Gasteiger partial charge in [0.25, 0.3) is 0 Å². The fourth-order valence-electron chi connectivity index (χ4n) is 2.30. The molecule has 0 spiro atoms. The molecule has 0 unspecified atom stereocenters. The number of aromatic nitrogens is 3. The molecule has 0 aliphatic heterocycles. The van der Waals surface area contributed by atoms with Crippen molar-refractivity contribution in [2.45, 2.75) is 52.4 Å². The van der Waals surface area contributed by atoms with Crippen molar-refractivity contribution in [1.82, 2.24) is 25.4 Å². The lowest BCUT2D eigenvalue weighted by Gasteiger charge is -2.13. The van der Waals surface area contributed by atoms with E-state index in [4.69, 9.17) is 4.42 Å². The van der Waals surface area contributed by atoms with Crippen LogP contribution < -0.4 is 10.6 Å². The zero-order valence-corrected chi connectivity index (χ0v) is 16.1. The summed E-state index contributed by atoms with van der Waals surface area (Å²) in [5.41, 5.74) is -1.07. The summed E-state index contributed by atoms with van der Waals surface area (Å²) in [6.07, 6.45) is -1.52. The third-order valence-corrected chi connectivity index (χ3v) is 3.62. The number of alkyl halides is 3. The second-order valence-corrected chi connectivity index (χ2v) is 7.09. The SMILES string of the molecule is CCNC(=NCc1cn(C)nc1C(F)(F)F)NCc1ncc(C(C)(C)C)o1. The molecule has 0 saturated carbocycles. The van der Waals surface area contributed by atoms with Gasteiger partial charge in [0.05, 0.1) is 19.3 Å². The van der Waals surface area contributed by atoms with Crippen molar-refractivity contribution >= 4 is 5.96 Å². The number of oxazole rings is 1. The molecule has 0 bridgehead atoms. The van der Waals surface area contributed by atoms with Crippen molar-refractivity contribution in [2.24, 2.45) is 12.0 Å². The molecule has 0 amide bonds. The lowest BCUT2D eigenvalue weighted by atomic mass is 9.94. The van der Waals surface area contributed by atoms with Crippen LogP contribution in [0.3, 0.4) is 0 Å². The van der Waals surface area contributed by atoms with E-state index in [1.807, 2.05) is 27.7 Å². The van der Waals surface area contributed by atoms with Crippen LogP contribution in [0, 0.1) is 0 Å². The highest BCUT2D eigenvalue weighted by Crippen LogP contribution is 2.30. The van der Waals surface area contributed by atoms with E-state index >= 15 is 0 Å². The summed E-state index contributed by atoms with van der Waals surface area (Å²) in [4.78, 5) is 8.42. The van der Waals surface area contributed by atoms with Crippen LogP contribution >= 0.6 is 0 Å². The van der Waals surface area contributed by atoms with Gasteiger partial charge in [-0.05, 0) is 6.92 Å². The Bertz CT molecular complexity index is 785. The molecule has 0 aliphatic rings. The number of aliphatic imine (C=N–C) groups is 1. The lowest BCUT2D eigenvalue weighted by molar-refractivity contribution is -0.142. The van der Waals surface area contributed by atoms with Gasteiger partial charge in [-0.2, -0.15) is 18.3 Å². The Hall–Kier alpha value is -2.52. The smallest absolute Gasteiger partial charge is 0.435 e. The minimum Gasteiger partial charge on any atom is -0.443 e. The highest BCUT2D eigenvalue weighted by Gasteiger charge is 2.36. The predicted octanol–water partition coefficient (Wildman–Crippen LogP) is 2.98. The van der Waals surface area contributed by atoms with E-state index in [9.17, 15) is 13.2 Å². The molecule has 0 radical (unpaired) electrons. The number of halogens is 3. The molecule has 7 nitrogen and oxygen atoms in total. The summed E-state index contributed by atoms with van der Waals surface area (Å²) in [5.74, 6) is 1.60. The van der Waals surface area contributed by atoms with Gasteiger partial charge in [-0.1, -0.05) is 20.8 Å². The van der Waals surface area contributed by atoms with Crippen LogP contribution in [0.5, 0.6) is 0 Å². The van der Waals surface area contributed by atoms with Gasteiger partial charge in [-0.15, -0.1) is 0 Å². The fraction of sp³-hybridized carbons (Fsp3) is 0.588. The van der Waals surface area contributed by atoms with Gasteiger partial charge in [-0.3, -0.25) is 4.68 Å². The Morgan fingerprint density at radius 1 is 1.26 bits per heavy atom. The van der Waals surface area contributed by atoms with E-state index in [0.717, 1.165) is 10.4 Å². The fourth-order valence-corrected chi connectivity index (χ4v) is 2.30. The molecular formula is C17H25F3N6O. The first kappa shape index (κ1) is 20.8. The molecule has 0 atom stereocenters. The van der Waals surface area contributed by atoms with E-state index in [0.29, 0.717) is 18.4 Å². The summed E-state index contributed by atoms with van der Waals surface area (Å²) in [5, 5.41) is 9.48. The van der Waals surface area contributed by atoms with Crippen molar-refractivity contribution in [2.75, 3.05) is 6.54 Å². The number of aryl methyl sites for hydroxylation is 1. The highest BCUT2D eigenvalue weighted by atomic mass is 19.4. The van der Waals surface area contributed by atoms with Crippen LogP contribution in [0.4, 0.5) is 13.2 Å². The van der Waals surface area contributed by atoms with Gasteiger partial charge in [0.15, 0.2) is 11.7 Å². The largest absolute Gasteiger partial charge is 0.443 e. The zero-order valence-electron chi connectivity index (χ0n) is 16.1. The first-order valence-electron chi connectivity index (χ1n) is 8.57. The van der Waals surface area contributed by atoms with E-state index < -0.39 is 11.9 Å². The Kier molecular flexibility index (Phi) is 6.17. The summed E-state index contributed by atoms with van der Waals surface area (Å²) in [6.45, 7) is 8.58. The van der Waals surface area contributed by atoms with Crippen molar-refractivity contribution in [3.05, 3.63) is 35.3 Å². The summed E-state index contributed by atoms with van der Waals surface area (Å²) >= 11 is 0. The molecule has 0 aliphatic carbocycles. The third-order valence-electron chi connectivity index (χ3n) is 3.62. The maximum Gasteiger partial charge on any atom is 0.435 e. The van der Waals surface area contributed by atoms with Crippen LogP contribution in [-0.4, -0.2) is 27.3 Å². The Morgan fingerprint density at radius 2 is 1.96 bits per heavy atom. The van der Waals surface area contributed by atoms with Crippen molar-refractivity contribution in [1.29, 1.82) is 0 Å². The van der Waals surface area contributed by atoms with Gasteiger partial charge >= 0.3 is 6.18 Å². The van der Waals surface area contributed by atoms with Crippen LogP contribution in [-0.2, 0) is 31.7 Å². The monoisotopic (exact) mass is 386 g/mol. The Labute approximate surface area is 156 Å². The Morgan fingerprint density at radius 3 is 2.52 bits per heavy atom. The number of nitrogens with one attached hydrogen (secondary N) is 2. The number of hydrogen-bond donors (Lipinski definition) is 2. The second kappa shape index (κ2) is 8.01. The van der Waals surface area contributed by atoms with Gasteiger partial charge in [0.2, 0.25) is 5.89 Å². The molecule has 2 heterocycles. The van der Waals surface area contributed by atoms with E-state index in [1.165, 1.54) is 13.2 Å². The molecule has 10 heteroatoms. The first-order chi connectivity index (χ1) is 12.5. The average molecular weight is 386 g/mol. The van der Waals surface area contributed by atoms with Crippen molar-refractivity contribution in [3.63, 3.8) is 0 Å². The van der Waals surface area contributed by atoms with Gasteiger partial charge in [-0.25, -0.2) is 9.98 Å². The standard InChI is InChI=1S/C17H25F3N6O/c1-6-21-15(24-9-13-22-8-12(27-13)16(2,3)4)23-7-11-10-26(5)25-14(11)17(18,19)20/h8,10H,6-7,9H2,1-5H3,(H2,21,23,24). The second-order valence-electron chi connectivity index (χ2n) is 7.09. The molecule has 2 rings (SSSR count). The van der Waals surface area contributed by atoms with Crippen LogP contribution in [0.2, 0.25) is 0 Å². The molecule has 2 N–H and O–H groups in total. The third kappa shape index (κ3) is 5.73. The average Bonchev–Trinajstić information content (AvgIpc) is 3.16. The lowest BCUT2D eigenvalue weighted by Crippen LogP contribution is -2.36. The number of hydrogen-bond acceptors (Lipinski definition) is 4. The number of rotatable bonds is 5. The minimum atomic E-state index is -4.51. The summed E-state index contributed by atoms with van der Waals surface area (Å²) < 4.78 is 45.9. The predicted molar refractivity (Wildman–Crippen MR) is 95.1 cm³/mol. The van der Waals surface area contributed by atoms with Crippen molar-refractivity contribution < 1.29 is 17.6 Å². The molecule has 2 aromatic heterocycles. The molecule has 0 saturated heterocycles. The van der Waals surface area contributed by atoms with Gasteiger partial charge in [0, 0.05) is 30.8 Å². The van der Waals surface area contributed by atoms with E-state index in [-0.39, 0.29) is 24.1 Å². The summed E-state index contributed by atoms with van der Waals surface area (Å²) in [6, 6.07) is 0. The summed E-state index contributed by atoms with van der Waals surface area (Å²) in [7, 11) is 1.45. The first-order valence-corrected chi connectivity index (χ1v) is 8.57. The number of guanidine groups is 1. The highest BCUT2D eigenvalue weighted by molar-refractivity contribution is 5.79. The minimum absolute atomic E-state index is 0.00773. The number of nitrogens with zero attached hydrogens (tertiary/aromatic N) is 4. The molecule has 27 heavy (non-hydrogen) atoms. The van der Waals surface area contributed by atoms with Crippen LogP contribution in [0.1, 0.15) is 50.6 Å². The van der Waals surface area contributed by atoms with E-state index in [1.54, 1.807) is 6.20 Å². The molecule has 0 fully saturated rings. The van der Waals surface area contributed by atoms with Crippen LogP contribution in [0.15, 0.2) is 21.8 Å². The zero-order chi connectivity index (χ0) is 20.2. The topological polar surface area (TPSA) is 80.3 Å². The van der Waals surface area contributed by atoms with Crippen molar-refractivity contribution in [3.8, 4) is 0 Å². The van der Waals surface area contributed by atoms with E-state index in [2.05, 4.69) is 25.7 Å². The van der Waals surface area contributed by atoms with Crippen LogP contribution in [0.25, 0.3) is 0 Å². The van der Waals surface area contributed by atoms with Gasteiger partial charge in [0.1, 0.15) is 5.76 Å². The molecule has 150 valence electrons. The Balaban J connectivity index is 2.08. The van der Waals surface area contributed by atoms with Gasteiger partial charge < -0.3 is 15.1 Å². The molecular weight excluding hydrogens is 361 g/mol. The maximum absolute atomic E-state index is 13.0. The normalized spacial score (nSPS) is 13.1. The molecule has 2 aromatic rings. The quantitative estimate of drug-likeness (QED) is 0.610.